The molecular formula is C32H41N3O6. The Hall–Kier alpha value is -3.59. The normalized spacial score (nSPS) is 21.4. The zero-order valence-electron chi connectivity index (χ0n) is 24.1. The van der Waals surface area contributed by atoms with Crippen LogP contribution in [0.5, 0.6) is 11.5 Å². The summed E-state index contributed by atoms with van der Waals surface area (Å²) in [6.07, 6.45) is 4.69. The highest BCUT2D eigenvalue weighted by atomic mass is 16.7. The second-order valence-corrected chi connectivity index (χ2v) is 11.3. The molecule has 41 heavy (non-hydrogen) atoms. The number of benzene rings is 2. The van der Waals surface area contributed by atoms with Gasteiger partial charge in [-0.1, -0.05) is 51.0 Å². The lowest BCUT2D eigenvalue weighted by atomic mass is 9.84. The van der Waals surface area contributed by atoms with Crippen molar-refractivity contribution in [1.29, 1.82) is 0 Å². The molecule has 3 unspecified atom stereocenters. The minimum absolute atomic E-state index is 0.0244. The molecule has 3 aliphatic rings. The van der Waals surface area contributed by atoms with E-state index in [0.717, 1.165) is 42.5 Å². The van der Waals surface area contributed by atoms with Crippen LogP contribution in [-0.4, -0.2) is 78.2 Å². The summed E-state index contributed by atoms with van der Waals surface area (Å²) in [5, 5.41) is 10.5. The number of rotatable bonds is 13. The molecule has 0 aromatic heterocycles. The van der Waals surface area contributed by atoms with Gasteiger partial charge in [-0.05, 0) is 48.6 Å². The number of nitrogens with zero attached hydrogens (tertiary/aromatic N) is 3. The SMILES string of the molecule is CCCCN(CCCC)C(=O)CN1CC(c2ccc3c(c2)OCO3)C(C(=O)O)C1CCN1C(=O)Cc2ccccc21. The number of likely N-dealkylation sites (tertiary alicyclic amines) is 1. The zero-order chi connectivity index (χ0) is 28.9. The standard InChI is InChI=1S/C32H41N3O6/c1-3-5-14-33(15-6-4-2)30(37)20-34-19-24(22-11-12-27-28(17-22)41-21-40-27)31(32(38)39)26(34)13-16-35-25-10-8-7-9-23(25)18-29(35)36/h7-12,17,24,26,31H,3-6,13-16,18-21H2,1-2H3,(H,38,39). The summed E-state index contributed by atoms with van der Waals surface area (Å²) < 4.78 is 11.1. The summed E-state index contributed by atoms with van der Waals surface area (Å²) in [4.78, 5) is 45.2. The Balaban J connectivity index is 1.41. The summed E-state index contributed by atoms with van der Waals surface area (Å²) in [6, 6.07) is 13.0. The largest absolute Gasteiger partial charge is 0.481 e. The highest BCUT2D eigenvalue weighted by Gasteiger charge is 2.47. The maximum Gasteiger partial charge on any atom is 0.308 e. The first-order valence-corrected chi connectivity index (χ1v) is 14.9. The minimum atomic E-state index is -0.894. The van der Waals surface area contributed by atoms with Crippen molar-refractivity contribution >= 4 is 23.5 Å². The number of carbonyl (C=O) groups is 3. The van der Waals surface area contributed by atoms with Crippen LogP contribution in [0.15, 0.2) is 42.5 Å². The van der Waals surface area contributed by atoms with E-state index in [4.69, 9.17) is 9.47 Å². The Morgan fingerprint density at radius 2 is 1.76 bits per heavy atom. The number of fused-ring (bicyclic) bond motifs is 2. The maximum atomic E-state index is 13.6. The van der Waals surface area contributed by atoms with E-state index in [0.29, 0.717) is 50.5 Å². The number of amides is 2. The van der Waals surface area contributed by atoms with Crippen LogP contribution in [0, 0.1) is 5.92 Å². The van der Waals surface area contributed by atoms with Crippen molar-refractivity contribution in [2.75, 3.05) is 44.4 Å². The molecule has 5 rings (SSSR count). The van der Waals surface area contributed by atoms with Crippen LogP contribution < -0.4 is 14.4 Å². The van der Waals surface area contributed by atoms with Crippen LogP contribution in [0.1, 0.15) is 63.0 Å². The van der Waals surface area contributed by atoms with Crippen LogP contribution >= 0.6 is 0 Å². The number of carboxylic acids is 1. The number of hydrogen-bond donors (Lipinski definition) is 1. The van der Waals surface area contributed by atoms with E-state index in [-0.39, 0.29) is 31.1 Å². The second-order valence-electron chi connectivity index (χ2n) is 11.3. The monoisotopic (exact) mass is 563 g/mol. The van der Waals surface area contributed by atoms with E-state index in [1.807, 2.05) is 52.3 Å². The van der Waals surface area contributed by atoms with Crippen molar-refractivity contribution < 1.29 is 29.0 Å². The first-order valence-electron chi connectivity index (χ1n) is 14.9. The quantitative estimate of drug-likeness (QED) is 0.388. The Morgan fingerprint density at radius 1 is 1.02 bits per heavy atom. The van der Waals surface area contributed by atoms with E-state index >= 15 is 0 Å². The summed E-state index contributed by atoms with van der Waals surface area (Å²) in [6.45, 7) is 6.79. The molecule has 0 spiro atoms. The van der Waals surface area contributed by atoms with Crippen molar-refractivity contribution in [3.8, 4) is 11.5 Å². The average molecular weight is 564 g/mol. The van der Waals surface area contributed by atoms with Gasteiger partial charge in [0.15, 0.2) is 11.5 Å². The van der Waals surface area contributed by atoms with Gasteiger partial charge < -0.3 is 24.4 Å². The minimum Gasteiger partial charge on any atom is -0.481 e. The summed E-state index contributed by atoms with van der Waals surface area (Å²) in [7, 11) is 0. The molecular weight excluding hydrogens is 522 g/mol. The van der Waals surface area contributed by atoms with Gasteiger partial charge in [-0.25, -0.2) is 0 Å². The fourth-order valence-corrected chi connectivity index (χ4v) is 6.49. The van der Waals surface area contributed by atoms with Gasteiger partial charge in [0.2, 0.25) is 18.6 Å². The first-order chi connectivity index (χ1) is 19.9. The number of carboxylic acid groups (broad SMARTS) is 1. The molecule has 3 heterocycles. The molecule has 0 bridgehead atoms. The second kappa shape index (κ2) is 12.9. The molecule has 1 N–H and O–H groups in total. The summed E-state index contributed by atoms with van der Waals surface area (Å²) in [5.74, 6) is -0.643. The molecule has 2 amide bonds. The molecule has 220 valence electrons. The predicted octanol–water partition coefficient (Wildman–Crippen LogP) is 4.29. The van der Waals surface area contributed by atoms with Crippen molar-refractivity contribution in [2.45, 2.75) is 64.3 Å². The molecule has 9 heteroatoms. The van der Waals surface area contributed by atoms with E-state index in [2.05, 4.69) is 13.8 Å². The van der Waals surface area contributed by atoms with E-state index < -0.39 is 17.9 Å². The third-order valence-corrected chi connectivity index (χ3v) is 8.69. The Morgan fingerprint density at radius 3 is 2.49 bits per heavy atom. The summed E-state index contributed by atoms with van der Waals surface area (Å²) >= 11 is 0. The number of unbranched alkanes of at least 4 members (excludes halogenated alkanes) is 2. The summed E-state index contributed by atoms with van der Waals surface area (Å²) in [5.41, 5.74) is 2.74. The Labute approximate surface area is 242 Å². The molecule has 3 atom stereocenters. The molecule has 0 aliphatic carbocycles. The fraction of sp³-hybridized carbons (Fsp3) is 0.531. The lowest BCUT2D eigenvalue weighted by Crippen LogP contribution is -2.46. The van der Waals surface area contributed by atoms with Gasteiger partial charge in [0.25, 0.3) is 0 Å². The smallest absolute Gasteiger partial charge is 0.308 e. The lowest BCUT2D eigenvalue weighted by molar-refractivity contribution is -0.143. The van der Waals surface area contributed by atoms with Crippen molar-refractivity contribution in [2.24, 2.45) is 5.92 Å². The molecule has 1 fully saturated rings. The molecule has 0 radical (unpaired) electrons. The molecule has 2 aromatic rings. The fourth-order valence-electron chi connectivity index (χ4n) is 6.49. The molecule has 9 nitrogen and oxygen atoms in total. The molecule has 0 saturated carbocycles. The highest BCUT2D eigenvalue weighted by molar-refractivity contribution is 6.01. The van der Waals surface area contributed by atoms with Crippen LogP contribution in [0.25, 0.3) is 0 Å². The van der Waals surface area contributed by atoms with Gasteiger partial charge in [0, 0.05) is 43.8 Å². The van der Waals surface area contributed by atoms with Gasteiger partial charge in [0.1, 0.15) is 0 Å². The van der Waals surface area contributed by atoms with E-state index in [1.54, 1.807) is 4.90 Å². The van der Waals surface area contributed by atoms with Crippen LogP contribution in [0.2, 0.25) is 0 Å². The zero-order valence-corrected chi connectivity index (χ0v) is 24.1. The third-order valence-electron chi connectivity index (χ3n) is 8.69. The molecule has 2 aromatic carbocycles. The third kappa shape index (κ3) is 6.20. The molecule has 1 saturated heterocycles. The van der Waals surface area contributed by atoms with E-state index in [9.17, 15) is 19.5 Å². The topological polar surface area (TPSA) is 99.6 Å². The average Bonchev–Trinajstić information content (AvgIpc) is 3.66. The van der Waals surface area contributed by atoms with Gasteiger partial charge in [-0.3, -0.25) is 19.3 Å². The number of carbonyl (C=O) groups excluding carboxylic acids is 2. The highest BCUT2D eigenvalue weighted by Crippen LogP contribution is 2.43. The molecule has 3 aliphatic heterocycles. The van der Waals surface area contributed by atoms with Gasteiger partial charge >= 0.3 is 5.97 Å². The maximum absolute atomic E-state index is 13.6. The van der Waals surface area contributed by atoms with Crippen molar-refractivity contribution in [3.63, 3.8) is 0 Å². The van der Waals surface area contributed by atoms with Gasteiger partial charge in [-0.15, -0.1) is 0 Å². The van der Waals surface area contributed by atoms with Crippen LogP contribution in [-0.2, 0) is 20.8 Å². The first kappa shape index (κ1) is 28.9. The van der Waals surface area contributed by atoms with Crippen LogP contribution in [0.3, 0.4) is 0 Å². The van der Waals surface area contributed by atoms with E-state index in [1.165, 1.54) is 0 Å². The number of hydrogen-bond acceptors (Lipinski definition) is 6. The number of para-hydroxylation sites is 1. The van der Waals surface area contributed by atoms with Crippen molar-refractivity contribution in [3.05, 3.63) is 53.6 Å². The number of aliphatic carboxylic acids is 1. The Bertz CT molecular complexity index is 1260. The van der Waals surface area contributed by atoms with Crippen molar-refractivity contribution in [1.82, 2.24) is 9.80 Å². The predicted molar refractivity (Wildman–Crippen MR) is 155 cm³/mol. The van der Waals surface area contributed by atoms with Crippen LogP contribution in [0.4, 0.5) is 5.69 Å². The van der Waals surface area contributed by atoms with Gasteiger partial charge in [0.05, 0.1) is 18.9 Å². The number of anilines is 1. The lowest BCUT2D eigenvalue weighted by Gasteiger charge is -2.31. The Kier molecular flexibility index (Phi) is 9.12. The van der Waals surface area contributed by atoms with Gasteiger partial charge in [-0.2, -0.15) is 0 Å². The number of ether oxygens (including phenoxy) is 2.